The van der Waals surface area contributed by atoms with E-state index in [4.69, 9.17) is 4.98 Å². The summed E-state index contributed by atoms with van der Waals surface area (Å²) in [7, 11) is -0.161. The van der Waals surface area contributed by atoms with E-state index in [-0.39, 0.29) is 11.3 Å². The van der Waals surface area contributed by atoms with Crippen LogP contribution in [0.1, 0.15) is 6.42 Å². The van der Waals surface area contributed by atoms with Gasteiger partial charge in [0.25, 0.3) is 5.56 Å². The van der Waals surface area contributed by atoms with E-state index >= 15 is 0 Å². The fraction of sp³-hybridized carbons (Fsp3) is 0.333. The van der Waals surface area contributed by atoms with Crippen molar-refractivity contribution < 1.29 is 8.42 Å². The maximum Gasteiger partial charge on any atom is 0.263 e. The number of nitrogens with zero attached hydrogens (tertiary/aromatic N) is 3. The van der Waals surface area contributed by atoms with Gasteiger partial charge in [-0.3, -0.25) is 9.36 Å². The first kappa shape index (κ1) is 21.3. The lowest BCUT2D eigenvalue weighted by molar-refractivity contribution is 0.520. The summed E-state index contributed by atoms with van der Waals surface area (Å²) in [4.78, 5) is 19.6. The molecule has 0 aliphatic heterocycles. The molecule has 0 bridgehead atoms. The van der Waals surface area contributed by atoms with Crippen LogP contribution in [0, 0.1) is 0 Å². The summed E-state index contributed by atoms with van der Waals surface area (Å²) in [5, 5.41) is 5.19. The zero-order valence-electron chi connectivity index (χ0n) is 15.6. The molecule has 3 aromatic rings. The Morgan fingerprint density at radius 2 is 2.14 bits per heavy atom. The fourth-order valence-electron chi connectivity index (χ4n) is 2.61. The van der Waals surface area contributed by atoms with E-state index in [0.29, 0.717) is 34.1 Å². The van der Waals surface area contributed by atoms with Crippen molar-refractivity contribution in [3.63, 3.8) is 0 Å². The minimum atomic E-state index is -3.22. The predicted octanol–water partition coefficient (Wildman–Crippen LogP) is 3.75. The number of thiophene rings is 2. The Morgan fingerprint density at radius 3 is 2.79 bits per heavy atom. The molecule has 0 radical (unpaired) electrons. The van der Waals surface area contributed by atoms with E-state index in [9.17, 15) is 13.2 Å². The third kappa shape index (κ3) is 4.41. The van der Waals surface area contributed by atoms with Crippen molar-refractivity contribution >= 4 is 54.7 Å². The highest BCUT2D eigenvalue weighted by atomic mass is 32.2. The number of hydrogen-bond donors (Lipinski definition) is 0. The van der Waals surface area contributed by atoms with Crippen LogP contribution in [0.15, 0.2) is 45.5 Å². The molecule has 0 amide bonds. The number of allylic oxidation sites excluding steroid dienone is 1. The van der Waals surface area contributed by atoms with Gasteiger partial charge in [-0.15, -0.1) is 29.3 Å². The zero-order valence-corrected chi connectivity index (χ0v) is 18.9. The third-order valence-corrected chi connectivity index (χ3v) is 8.85. The minimum absolute atomic E-state index is 0.0719. The average molecular weight is 456 g/mol. The molecule has 0 N–H and O–H groups in total. The van der Waals surface area contributed by atoms with Crippen LogP contribution in [0.5, 0.6) is 0 Å². The first-order valence-electron chi connectivity index (χ1n) is 8.55. The molecule has 28 heavy (non-hydrogen) atoms. The topological polar surface area (TPSA) is 72.3 Å². The lowest BCUT2D eigenvalue weighted by Crippen LogP contribution is -2.25. The molecule has 3 aromatic heterocycles. The van der Waals surface area contributed by atoms with Gasteiger partial charge >= 0.3 is 0 Å². The van der Waals surface area contributed by atoms with Crippen LogP contribution in [-0.4, -0.2) is 47.9 Å². The van der Waals surface area contributed by atoms with Crippen molar-refractivity contribution in [1.29, 1.82) is 0 Å². The van der Waals surface area contributed by atoms with Crippen LogP contribution in [0.2, 0.25) is 0 Å². The average Bonchev–Trinajstić information content (AvgIpc) is 3.30. The molecule has 0 aromatic carbocycles. The molecular formula is C18H21N3O3S4. The summed E-state index contributed by atoms with van der Waals surface area (Å²) < 4.78 is 26.6. The maximum atomic E-state index is 13.2. The summed E-state index contributed by atoms with van der Waals surface area (Å²) in [5.74, 6) is 0.633. The number of sulfonamides is 1. The van der Waals surface area contributed by atoms with Gasteiger partial charge in [-0.1, -0.05) is 23.9 Å². The number of aromatic nitrogens is 2. The summed E-state index contributed by atoms with van der Waals surface area (Å²) in [6.45, 7) is 4.11. The standard InChI is InChI=1S/C18H21N3O3S4/c1-4-8-21-17(22)15-13(14-7-5-9-25-14)12-27-16(15)19-18(21)26-10-6-11-28(23,24)20(2)3/h4-5,7,9,12H,1,6,8,10-11H2,2-3H3. The van der Waals surface area contributed by atoms with E-state index in [1.807, 2.05) is 22.9 Å². The molecular weight excluding hydrogens is 434 g/mol. The molecule has 3 rings (SSSR count). The molecule has 3 heterocycles. The van der Waals surface area contributed by atoms with Gasteiger partial charge < -0.3 is 0 Å². The molecule has 6 nitrogen and oxygen atoms in total. The Bertz CT molecular complexity index is 1130. The zero-order chi connectivity index (χ0) is 20.3. The Labute approximate surface area is 176 Å². The maximum absolute atomic E-state index is 13.2. The molecule has 0 fully saturated rings. The molecule has 10 heteroatoms. The second-order valence-electron chi connectivity index (χ2n) is 6.21. The van der Waals surface area contributed by atoms with Gasteiger partial charge in [0.2, 0.25) is 10.0 Å². The summed E-state index contributed by atoms with van der Waals surface area (Å²) in [6.07, 6.45) is 2.16. The number of thioether (sulfide) groups is 1. The van der Waals surface area contributed by atoms with Gasteiger partial charge in [-0.2, -0.15) is 0 Å². The summed E-state index contributed by atoms with van der Waals surface area (Å²) in [5.41, 5.74) is 0.830. The van der Waals surface area contributed by atoms with Crippen molar-refractivity contribution in [2.24, 2.45) is 0 Å². The molecule has 0 aliphatic rings. The second kappa shape index (κ2) is 8.91. The van der Waals surface area contributed by atoms with E-state index in [1.165, 1.54) is 41.5 Å². The third-order valence-electron chi connectivity index (χ3n) is 4.09. The van der Waals surface area contributed by atoms with Crippen molar-refractivity contribution in [3.05, 3.63) is 45.9 Å². The quantitative estimate of drug-likeness (QED) is 0.213. The van der Waals surface area contributed by atoms with E-state index < -0.39 is 10.0 Å². The Morgan fingerprint density at radius 1 is 1.36 bits per heavy atom. The number of fused-ring (bicyclic) bond motifs is 1. The molecule has 150 valence electrons. The molecule has 0 atom stereocenters. The summed E-state index contributed by atoms with van der Waals surface area (Å²) in [6, 6.07) is 3.96. The second-order valence-corrected chi connectivity index (χ2v) is 11.4. The van der Waals surface area contributed by atoms with Crippen LogP contribution >= 0.6 is 34.4 Å². The van der Waals surface area contributed by atoms with E-state index in [0.717, 1.165) is 10.4 Å². The lowest BCUT2D eigenvalue weighted by Gasteiger charge is -2.12. The highest BCUT2D eigenvalue weighted by molar-refractivity contribution is 7.99. The highest BCUT2D eigenvalue weighted by Gasteiger charge is 2.18. The predicted molar refractivity (Wildman–Crippen MR) is 120 cm³/mol. The van der Waals surface area contributed by atoms with E-state index in [2.05, 4.69) is 6.58 Å². The largest absolute Gasteiger partial charge is 0.283 e. The first-order chi connectivity index (χ1) is 13.3. The van der Waals surface area contributed by atoms with Crippen LogP contribution in [-0.2, 0) is 16.6 Å². The van der Waals surface area contributed by atoms with Crippen LogP contribution in [0.25, 0.3) is 20.7 Å². The van der Waals surface area contributed by atoms with Gasteiger partial charge in [0, 0.05) is 42.2 Å². The molecule has 0 aliphatic carbocycles. The number of rotatable bonds is 9. The minimum Gasteiger partial charge on any atom is -0.283 e. The van der Waals surface area contributed by atoms with E-state index in [1.54, 1.807) is 22.0 Å². The van der Waals surface area contributed by atoms with Gasteiger partial charge in [-0.05, 0) is 17.9 Å². The normalized spacial score (nSPS) is 12.1. The Kier molecular flexibility index (Phi) is 6.77. The lowest BCUT2D eigenvalue weighted by atomic mass is 10.2. The molecule has 0 unspecified atom stereocenters. The van der Waals surface area contributed by atoms with Gasteiger partial charge in [0.1, 0.15) is 4.83 Å². The molecule has 0 saturated heterocycles. The van der Waals surface area contributed by atoms with Crippen molar-refractivity contribution in [1.82, 2.24) is 13.9 Å². The van der Waals surface area contributed by atoms with Crippen molar-refractivity contribution in [2.45, 2.75) is 18.1 Å². The smallest absolute Gasteiger partial charge is 0.263 e. The number of hydrogen-bond acceptors (Lipinski definition) is 7. The monoisotopic (exact) mass is 455 g/mol. The van der Waals surface area contributed by atoms with Crippen molar-refractivity contribution in [3.8, 4) is 10.4 Å². The van der Waals surface area contributed by atoms with Crippen LogP contribution in [0.3, 0.4) is 0 Å². The Balaban J connectivity index is 1.89. The van der Waals surface area contributed by atoms with Crippen LogP contribution < -0.4 is 5.56 Å². The van der Waals surface area contributed by atoms with Gasteiger partial charge in [-0.25, -0.2) is 17.7 Å². The fourth-order valence-corrected chi connectivity index (χ4v) is 6.41. The van der Waals surface area contributed by atoms with Crippen LogP contribution in [0.4, 0.5) is 0 Å². The van der Waals surface area contributed by atoms with Gasteiger partial charge in [0.05, 0.1) is 11.1 Å². The Hall–Kier alpha value is -1.46. The highest BCUT2D eigenvalue weighted by Crippen LogP contribution is 2.34. The molecule has 0 saturated carbocycles. The SMILES string of the molecule is C=CCn1c(SCCCS(=O)(=O)N(C)C)nc2scc(-c3cccs3)c2c1=O. The summed E-state index contributed by atoms with van der Waals surface area (Å²) >= 11 is 4.45. The van der Waals surface area contributed by atoms with Crippen molar-refractivity contribution in [2.75, 3.05) is 25.6 Å². The molecule has 0 spiro atoms. The van der Waals surface area contributed by atoms with Gasteiger partial charge in [0.15, 0.2) is 5.16 Å². The first-order valence-corrected chi connectivity index (χ1v) is 12.9.